The van der Waals surface area contributed by atoms with Gasteiger partial charge in [-0.1, -0.05) is 58.0 Å². The van der Waals surface area contributed by atoms with E-state index in [-0.39, 0.29) is 69.4 Å². The van der Waals surface area contributed by atoms with Crippen molar-refractivity contribution in [3.8, 4) is 0 Å². The molecule has 8 amide bonds. The number of guanidine groups is 1. The third kappa shape index (κ3) is 21.9. The van der Waals surface area contributed by atoms with Crippen LogP contribution in [0, 0.1) is 11.8 Å². The van der Waals surface area contributed by atoms with Crippen LogP contribution in [0.4, 0.5) is 0 Å². The van der Waals surface area contributed by atoms with E-state index in [4.69, 9.17) is 22.9 Å². The van der Waals surface area contributed by atoms with Crippen LogP contribution in [0.1, 0.15) is 111 Å². The fourth-order valence-electron chi connectivity index (χ4n) is 7.89. The van der Waals surface area contributed by atoms with E-state index in [2.05, 4.69) is 42.2 Å². The molecule has 1 aromatic rings. The number of benzene rings is 1. The average Bonchev–Trinajstić information content (AvgIpc) is 3.81. The lowest BCUT2D eigenvalue weighted by molar-refractivity contribution is -0.139. The zero-order valence-electron chi connectivity index (χ0n) is 41.4. The van der Waals surface area contributed by atoms with Gasteiger partial charge in [0.15, 0.2) is 5.96 Å². The normalized spacial score (nSPS) is 15.8. The third-order valence-corrected chi connectivity index (χ3v) is 11.6. The molecule has 1 heterocycles. The average molecular weight is 986 g/mol. The van der Waals surface area contributed by atoms with Gasteiger partial charge in [-0.3, -0.25) is 48.1 Å². The van der Waals surface area contributed by atoms with Gasteiger partial charge in [-0.05, 0) is 101 Å². The third-order valence-electron chi connectivity index (χ3n) is 11.6. The summed E-state index contributed by atoms with van der Waals surface area (Å²) in [6, 6.07) is 0.799. The minimum atomic E-state index is -1.29. The summed E-state index contributed by atoms with van der Waals surface area (Å²) < 4.78 is 0. The van der Waals surface area contributed by atoms with Crippen molar-refractivity contribution in [2.75, 3.05) is 32.7 Å². The van der Waals surface area contributed by atoms with Crippen LogP contribution in [0.25, 0.3) is 0 Å². The lowest BCUT2D eigenvalue weighted by Gasteiger charge is -2.29. The smallest absolute Gasteiger partial charge is 0.322 e. The summed E-state index contributed by atoms with van der Waals surface area (Å²) in [5, 5.41) is 27.9. The molecule has 1 aliphatic rings. The number of carbonyl (C=O) groups is 9. The molecule has 0 spiro atoms. The van der Waals surface area contributed by atoms with E-state index in [1.165, 1.54) is 11.8 Å². The molecule has 1 aromatic carbocycles. The van der Waals surface area contributed by atoms with E-state index < -0.39 is 102 Å². The van der Waals surface area contributed by atoms with Crippen LogP contribution in [0.2, 0.25) is 0 Å². The monoisotopic (exact) mass is 986 g/mol. The van der Waals surface area contributed by atoms with Gasteiger partial charge in [-0.2, -0.15) is 0 Å². The Bertz CT molecular complexity index is 1910. The first kappa shape index (κ1) is 59.8. The Balaban J connectivity index is 2.42. The molecule has 23 heteroatoms. The molecule has 1 aliphatic heterocycles. The van der Waals surface area contributed by atoms with Crippen molar-refractivity contribution in [1.82, 2.24) is 42.1 Å². The van der Waals surface area contributed by atoms with Crippen LogP contribution in [-0.4, -0.2) is 144 Å². The zero-order valence-corrected chi connectivity index (χ0v) is 41.4. The molecule has 2 rings (SSSR count). The second-order valence-electron chi connectivity index (χ2n) is 18.4. The molecule has 0 bridgehead atoms. The first-order valence-corrected chi connectivity index (χ1v) is 24.3. The number of rotatable bonds is 32. The maximum atomic E-state index is 14.3. The van der Waals surface area contributed by atoms with Gasteiger partial charge in [0.25, 0.3) is 0 Å². The van der Waals surface area contributed by atoms with Crippen molar-refractivity contribution in [3.63, 3.8) is 0 Å². The second kappa shape index (κ2) is 31.7. The van der Waals surface area contributed by atoms with Gasteiger partial charge >= 0.3 is 5.97 Å². The number of aliphatic imine (C=N–C) groups is 1. The molecule has 0 unspecified atom stereocenters. The van der Waals surface area contributed by atoms with Gasteiger partial charge in [0.2, 0.25) is 47.3 Å². The predicted octanol–water partition coefficient (Wildman–Crippen LogP) is -1.64. The standard InChI is InChI=1S/C47H79N13O10/c1-28(2)25-35(44(68)58-36(40(64)53-27-38(62)63)26-31-15-7-6-8-16-31)57-43(67)32(17-9-11-21-48)54-42(66)34(19-13-23-52-47(50)51)55-41(65)33(18-10-12-22-49)56-46(70)39(29(3)4)59-45(69)37-20-14-24-60(37)30(5)61/h6-8,15-16,28-29,32-37,39H,9-14,17-27,48-49H2,1-5H3,(H,53,64)(H,54,66)(H,55,65)(H,56,70)(H,57,67)(H,58,68)(H,59,69)(H,62,63)(H4,50,51,52)/t32-,33-,34-,35-,36-,37-,39-/m0/s1. The van der Waals surface area contributed by atoms with Crippen molar-refractivity contribution < 1.29 is 48.3 Å². The van der Waals surface area contributed by atoms with E-state index >= 15 is 0 Å². The number of aliphatic carboxylic acids is 1. The molecular formula is C47H79N13O10. The summed E-state index contributed by atoms with van der Waals surface area (Å²) in [5.41, 5.74) is 23.3. The predicted molar refractivity (Wildman–Crippen MR) is 263 cm³/mol. The first-order valence-electron chi connectivity index (χ1n) is 24.3. The van der Waals surface area contributed by atoms with Gasteiger partial charge in [0.1, 0.15) is 48.8 Å². The summed E-state index contributed by atoms with van der Waals surface area (Å²) in [6.45, 7) is 8.90. The number of nitrogens with one attached hydrogen (secondary N) is 7. The first-order chi connectivity index (χ1) is 33.2. The lowest BCUT2D eigenvalue weighted by Crippen LogP contribution is -2.60. The molecule has 0 radical (unpaired) electrons. The second-order valence-corrected chi connectivity index (χ2v) is 18.4. The summed E-state index contributed by atoms with van der Waals surface area (Å²) >= 11 is 0. The Morgan fingerprint density at radius 2 is 1.17 bits per heavy atom. The Kier molecular flexibility index (Phi) is 27.1. The van der Waals surface area contributed by atoms with Gasteiger partial charge < -0.3 is 70.2 Å². The topological polar surface area (TPSA) is 378 Å². The minimum Gasteiger partial charge on any atom is -0.480 e. The number of nitrogens with zero attached hydrogens (tertiary/aromatic N) is 2. The molecule has 1 saturated heterocycles. The highest BCUT2D eigenvalue weighted by atomic mass is 16.4. The lowest BCUT2D eigenvalue weighted by atomic mass is 10.00. The zero-order chi connectivity index (χ0) is 52.3. The number of hydrogen-bond donors (Lipinski definition) is 12. The molecule has 0 saturated carbocycles. The summed E-state index contributed by atoms with van der Waals surface area (Å²) in [4.78, 5) is 126. The highest BCUT2D eigenvalue weighted by molar-refractivity contribution is 5.98. The van der Waals surface area contributed by atoms with E-state index in [1.807, 2.05) is 13.8 Å². The fourth-order valence-corrected chi connectivity index (χ4v) is 7.89. The minimum absolute atomic E-state index is 0.0151. The molecule has 1 fully saturated rings. The van der Waals surface area contributed by atoms with Crippen LogP contribution in [-0.2, 0) is 49.6 Å². The van der Waals surface area contributed by atoms with E-state index in [0.29, 0.717) is 57.2 Å². The molecule has 392 valence electrons. The number of hydrogen-bond acceptors (Lipinski definition) is 12. The number of unbranched alkanes of at least 4 members (excludes halogenated alkanes) is 2. The van der Waals surface area contributed by atoms with Crippen LogP contribution in [0.3, 0.4) is 0 Å². The number of nitrogens with two attached hydrogens (primary N) is 4. The van der Waals surface area contributed by atoms with Gasteiger partial charge in [0.05, 0.1) is 0 Å². The quantitative estimate of drug-likeness (QED) is 0.0219. The highest BCUT2D eigenvalue weighted by Gasteiger charge is 2.37. The molecule has 16 N–H and O–H groups in total. The van der Waals surface area contributed by atoms with Crippen molar-refractivity contribution in [2.45, 2.75) is 154 Å². The van der Waals surface area contributed by atoms with Crippen LogP contribution in [0.15, 0.2) is 35.3 Å². The van der Waals surface area contributed by atoms with Crippen LogP contribution >= 0.6 is 0 Å². The van der Waals surface area contributed by atoms with E-state index in [1.54, 1.807) is 44.2 Å². The van der Waals surface area contributed by atoms with E-state index in [0.717, 1.165) is 0 Å². The number of amides is 8. The maximum Gasteiger partial charge on any atom is 0.322 e. The molecular weight excluding hydrogens is 907 g/mol. The largest absolute Gasteiger partial charge is 0.480 e. The van der Waals surface area contributed by atoms with Crippen molar-refractivity contribution in [3.05, 3.63) is 35.9 Å². The fraction of sp³-hybridized carbons (Fsp3) is 0.660. The molecule has 0 aromatic heterocycles. The van der Waals surface area contributed by atoms with Gasteiger partial charge in [-0.15, -0.1) is 0 Å². The Hall–Kier alpha value is -6.36. The summed E-state index contributed by atoms with van der Waals surface area (Å²) in [7, 11) is 0. The number of carboxylic acids is 1. The number of likely N-dealkylation sites (tertiary alicyclic amines) is 1. The van der Waals surface area contributed by atoms with Gasteiger partial charge in [0, 0.05) is 26.4 Å². The van der Waals surface area contributed by atoms with Crippen LogP contribution < -0.4 is 60.2 Å². The number of carboxylic acid groups (broad SMARTS) is 1. The molecule has 70 heavy (non-hydrogen) atoms. The Labute approximate surface area is 410 Å². The van der Waals surface area contributed by atoms with Crippen molar-refractivity contribution in [2.24, 2.45) is 39.8 Å². The van der Waals surface area contributed by atoms with Crippen molar-refractivity contribution in [1.29, 1.82) is 0 Å². The number of carbonyl (C=O) groups excluding carboxylic acids is 8. The Morgan fingerprint density at radius 1 is 0.671 bits per heavy atom. The molecule has 23 nitrogen and oxygen atoms in total. The summed E-state index contributed by atoms with van der Waals surface area (Å²) in [6.07, 6.45) is 3.38. The highest BCUT2D eigenvalue weighted by Crippen LogP contribution is 2.19. The van der Waals surface area contributed by atoms with Gasteiger partial charge in [-0.25, -0.2) is 0 Å². The molecule has 7 atom stereocenters. The molecule has 0 aliphatic carbocycles. The Morgan fingerprint density at radius 3 is 1.66 bits per heavy atom. The maximum absolute atomic E-state index is 14.3. The SMILES string of the molecule is CC(=O)N1CCC[C@H]1C(=O)N[C@H](C(=O)N[C@@H](CCCCN)C(=O)N[C@@H](CCCN=C(N)N)C(=O)N[C@@H](CCCCN)C(=O)N[C@@H](CC(C)C)C(=O)N[C@@H](Cc1ccccc1)C(=O)NCC(=O)O)C(C)C. The van der Waals surface area contributed by atoms with E-state index in [9.17, 15) is 48.3 Å². The summed E-state index contributed by atoms with van der Waals surface area (Å²) in [5.74, 6) is -7.13. The van der Waals surface area contributed by atoms with Crippen LogP contribution in [0.5, 0.6) is 0 Å². The van der Waals surface area contributed by atoms with Crippen molar-refractivity contribution >= 4 is 59.2 Å².